The third-order valence-electron chi connectivity index (χ3n) is 3.09. The van der Waals surface area contributed by atoms with E-state index in [2.05, 4.69) is 10.4 Å². The van der Waals surface area contributed by atoms with Crippen molar-refractivity contribution in [3.8, 4) is 0 Å². The Hall–Kier alpha value is -2.14. The van der Waals surface area contributed by atoms with Crippen LogP contribution in [0.5, 0.6) is 0 Å². The van der Waals surface area contributed by atoms with Crippen molar-refractivity contribution < 1.29 is 9.90 Å². The summed E-state index contributed by atoms with van der Waals surface area (Å²) in [7, 11) is 0. The number of hydrogen-bond acceptors (Lipinski definition) is 3. The van der Waals surface area contributed by atoms with Crippen LogP contribution in [-0.4, -0.2) is 20.8 Å². The number of nitrogens with one attached hydrogen (secondary N) is 1. The van der Waals surface area contributed by atoms with Crippen molar-refractivity contribution in [2.75, 3.05) is 0 Å². The number of carbonyl (C=O) groups excluding carboxylic acids is 1. The van der Waals surface area contributed by atoms with E-state index in [1.54, 1.807) is 10.7 Å². The van der Waals surface area contributed by atoms with Crippen LogP contribution in [0.15, 0.2) is 30.3 Å². The number of hydrogen-bond donors (Lipinski definition) is 2. The van der Waals surface area contributed by atoms with Crippen LogP contribution < -0.4 is 5.32 Å². The smallest absolute Gasteiger partial charge is 0.269 e. The summed E-state index contributed by atoms with van der Waals surface area (Å²) in [5, 5.41) is 16.1. The molecule has 0 aliphatic rings. The average molecular weight is 273 g/mol. The maximum atomic E-state index is 12.1. The Bertz CT molecular complexity index is 588. The lowest BCUT2D eigenvalue weighted by Crippen LogP contribution is -2.25. The molecule has 20 heavy (non-hydrogen) atoms. The molecule has 0 atom stereocenters. The van der Waals surface area contributed by atoms with Gasteiger partial charge >= 0.3 is 0 Å². The van der Waals surface area contributed by atoms with Crippen LogP contribution in [0.25, 0.3) is 0 Å². The van der Waals surface area contributed by atoms with Gasteiger partial charge in [0.1, 0.15) is 5.69 Å². The van der Waals surface area contributed by atoms with Gasteiger partial charge in [-0.1, -0.05) is 24.3 Å². The summed E-state index contributed by atoms with van der Waals surface area (Å²) < 4.78 is 1.69. The minimum atomic E-state index is -0.126. The lowest BCUT2D eigenvalue weighted by atomic mass is 10.1. The molecular formula is C15H19N3O2. The fourth-order valence-corrected chi connectivity index (χ4v) is 2.00. The van der Waals surface area contributed by atoms with E-state index in [0.717, 1.165) is 16.8 Å². The summed E-state index contributed by atoms with van der Waals surface area (Å²) in [6, 6.07) is 9.28. The molecule has 0 fully saturated rings. The monoisotopic (exact) mass is 273 g/mol. The quantitative estimate of drug-likeness (QED) is 0.870. The van der Waals surface area contributed by atoms with Crippen LogP contribution in [0.4, 0.5) is 0 Å². The average Bonchev–Trinajstić information content (AvgIpc) is 2.86. The molecule has 0 saturated carbocycles. The molecule has 0 saturated heterocycles. The molecule has 0 aliphatic heterocycles. The Morgan fingerprint density at radius 3 is 2.55 bits per heavy atom. The van der Waals surface area contributed by atoms with Crippen molar-refractivity contribution >= 4 is 5.91 Å². The fourth-order valence-electron chi connectivity index (χ4n) is 2.00. The van der Waals surface area contributed by atoms with Gasteiger partial charge in [0.15, 0.2) is 0 Å². The normalized spacial score (nSPS) is 10.6. The van der Waals surface area contributed by atoms with Gasteiger partial charge in [-0.05, 0) is 31.0 Å². The van der Waals surface area contributed by atoms with Crippen molar-refractivity contribution in [2.24, 2.45) is 0 Å². The van der Waals surface area contributed by atoms with Crippen LogP contribution in [0, 0.1) is 6.92 Å². The van der Waals surface area contributed by atoms with E-state index in [4.69, 9.17) is 5.11 Å². The molecule has 106 valence electrons. The van der Waals surface area contributed by atoms with E-state index >= 15 is 0 Å². The van der Waals surface area contributed by atoms with E-state index < -0.39 is 0 Å². The molecule has 5 nitrogen and oxygen atoms in total. The Kier molecular flexibility index (Phi) is 4.53. The molecule has 2 rings (SSSR count). The van der Waals surface area contributed by atoms with Gasteiger partial charge in [0.2, 0.25) is 0 Å². The van der Waals surface area contributed by atoms with Crippen LogP contribution in [0.3, 0.4) is 0 Å². The minimum Gasteiger partial charge on any atom is -0.392 e. The van der Waals surface area contributed by atoms with E-state index in [1.165, 1.54) is 0 Å². The summed E-state index contributed by atoms with van der Waals surface area (Å²) in [4.78, 5) is 12.1. The van der Waals surface area contributed by atoms with E-state index in [1.807, 2.05) is 38.1 Å². The second-order valence-electron chi connectivity index (χ2n) is 4.64. The van der Waals surface area contributed by atoms with Gasteiger partial charge in [-0.15, -0.1) is 0 Å². The largest absolute Gasteiger partial charge is 0.392 e. The van der Waals surface area contributed by atoms with Gasteiger partial charge < -0.3 is 10.4 Å². The first-order valence-corrected chi connectivity index (χ1v) is 6.65. The highest BCUT2D eigenvalue weighted by Crippen LogP contribution is 2.06. The maximum Gasteiger partial charge on any atom is 0.269 e. The van der Waals surface area contributed by atoms with E-state index in [9.17, 15) is 4.79 Å². The lowest BCUT2D eigenvalue weighted by molar-refractivity contribution is 0.0940. The molecular weight excluding hydrogens is 254 g/mol. The second kappa shape index (κ2) is 6.34. The molecule has 0 spiro atoms. The fraction of sp³-hybridized carbons (Fsp3) is 0.333. The number of benzene rings is 1. The zero-order valence-corrected chi connectivity index (χ0v) is 11.8. The van der Waals surface area contributed by atoms with Crippen LogP contribution >= 0.6 is 0 Å². The van der Waals surface area contributed by atoms with Crippen LogP contribution in [0.1, 0.15) is 34.2 Å². The first kappa shape index (κ1) is 14.3. The van der Waals surface area contributed by atoms with Gasteiger partial charge in [-0.3, -0.25) is 9.48 Å². The van der Waals surface area contributed by atoms with Crippen molar-refractivity contribution in [1.82, 2.24) is 15.1 Å². The van der Waals surface area contributed by atoms with E-state index in [-0.39, 0.29) is 12.5 Å². The predicted molar refractivity (Wildman–Crippen MR) is 76.2 cm³/mol. The first-order valence-electron chi connectivity index (χ1n) is 6.65. The highest BCUT2D eigenvalue weighted by molar-refractivity contribution is 5.92. The molecule has 0 aliphatic carbocycles. The zero-order chi connectivity index (χ0) is 14.5. The summed E-state index contributed by atoms with van der Waals surface area (Å²) in [6.45, 7) is 4.98. The second-order valence-corrected chi connectivity index (χ2v) is 4.64. The Morgan fingerprint density at radius 1 is 1.30 bits per heavy atom. The summed E-state index contributed by atoms with van der Waals surface area (Å²) in [6.07, 6.45) is 0. The molecule has 1 heterocycles. The van der Waals surface area contributed by atoms with Crippen molar-refractivity contribution in [1.29, 1.82) is 0 Å². The van der Waals surface area contributed by atoms with Gasteiger partial charge in [-0.25, -0.2) is 0 Å². The van der Waals surface area contributed by atoms with Crippen LogP contribution in [-0.2, 0) is 19.7 Å². The number of amides is 1. The van der Waals surface area contributed by atoms with Gasteiger partial charge in [0, 0.05) is 13.1 Å². The molecule has 1 amide bonds. The topological polar surface area (TPSA) is 67.2 Å². The highest BCUT2D eigenvalue weighted by Gasteiger charge is 2.12. The molecule has 5 heteroatoms. The van der Waals surface area contributed by atoms with Crippen molar-refractivity contribution in [3.05, 3.63) is 52.8 Å². The van der Waals surface area contributed by atoms with Crippen molar-refractivity contribution in [2.45, 2.75) is 33.5 Å². The highest BCUT2D eigenvalue weighted by atomic mass is 16.3. The number of aryl methyl sites for hydroxylation is 2. The first-order chi connectivity index (χ1) is 9.63. The van der Waals surface area contributed by atoms with Gasteiger partial charge in [-0.2, -0.15) is 5.10 Å². The summed E-state index contributed by atoms with van der Waals surface area (Å²) in [5.41, 5.74) is 3.27. The SMILES string of the molecule is CCn1nc(C)cc1C(=O)NCc1ccc(CO)cc1. The predicted octanol–water partition coefficient (Wildman–Crippen LogP) is 1.63. The van der Waals surface area contributed by atoms with Crippen LogP contribution in [0.2, 0.25) is 0 Å². The molecule has 1 aromatic heterocycles. The Balaban J connectivity index is 2.00. The molecule has 0 radical (unpaired) electrons. The molecule has 2 aromatic rings. The van der Waals surface area contributed by atoms with Crippen molar-refractivity contribution in [3.63, 3.8) is 0 Å². The number of aromatic nitrogens is 2. The standard InChI is InChI=1S/C15H19N3O2/c1-3-18-14(8-11(2)17-18)15(20)16-9-12-4-6-13(10-19)7-5-12/h4-8,19H,3,9-10H2,1-2H3,(H,16,20). The Morgan fingerprint density at radius 2 is 1.95 bits per heavy atom. The number of aliphatic hydroxyl groups excluding tert-OH is 1. The van der Waals surface area contributed by atoms with Gasteiger partial charge in [0.25, 0.3) is 5.91 Å². The van der Waals surface area contributed by atoms with E-state index in [0.29, 0.717) is 18.8 Å². The number of nitrogens with zero attached hydrogens (tertiary/aromatic N) is 2. The third-order valence-corrected chi connectivity index (χ3v) is 3.09. The molecule has 0 bridgehead atoms. The summed E-state index contributed by atoms with van der Waals surface area (Å²) in [5.74, 6) is -0.126. The Labute approximate surface area is 118 Å². The molecule has 1 aromatic carbocycles. The number of carbonyl (C=O) groups is 1. The maximum absolute atomic E-state index is 12.1. The van der Waals surface area contributed by atoms with Gasteiger partial charge in [0.05, 0.1) is 12.3 Å². The molecule has 0 unspecified atom stereocenters. The minimum absolute atomic E-state index is 0.0294. The molecule has 2 N–H and O–H groups in total. The number of rotatable bonds is 5. The lowest BCUT2D eigenvalue weighted by Gasteiger charge is -2.07. The zero-order valence-electron chi connectivity index (χ0n) is 11.8. The third kappa shape index (κ3) is 3.24. The number of aliphatic hydroxyl groups is 1. The summed E-state index contributed by atoms with van der Waals surface area (Å²) >= 11 is 0.